The molecular formula is C16H13F3N2O. The number of fused-ring (bicyclic) bond motifs is 3. The lowest BCUT2D eigenvalue weighted by molar-refractivity contribution is -0.137. The highest BCUT2D eigenvalue weighted by Crippen LogP contribution is 2.38. The Morgan fingerprint density at radius 1 is 1.05 bits per heavy atom. The van der Waals surface area contributed by atoms with Crippen LogP contribution in [-0.2, 0) is 17.5 Å². The molecule has 6 heteroatoms. The van der Waals surface area contributed by atoms with E-state index in [0.717, 1.165) is 0 Å². The molecule has 0 bridgehead atoms. The van der Waals surface area contributed by atoms with Crippen molar-refractivity contribution in [3.8, 4) is 0 Å². The van der Waals surface area contributed by atoms with Crippen molar-refractivity contribution in [1.29, 1.82) is 0 Å². The number of ether oxygens (including phenoxy) is 1. The number of hydrogen-bond donors (Lipinski definition) is 0. The van der Waals surface area contributed by atoms with Crippen molar-refractivity contribution >= 4 is 21.8 Å². The molecule has 2 heterocycles. The fourth-order valence-corrected chi connectivity index (χ4v) is 2.49. The maximum atomic E-state index is 13.5. The first-order valence-electron chi connectivity index (χ1n) is 6.82. The van der Waals surface area contributed by atoms with Gasteiger partial charge in [0.15, 0.2) is 0 Å². The molecule has 0 fully saturated rings. The minimum Gasteiger partial charge on any atom is -0.377 e. The molecule has 3 aromatic rings. The van der Waals surface area contributed by atoms with Gasteiger partial charge in [0.2, 0.25) is 0 Å². The first-order chi connectivity index (χ1) is 10.5. The summed E-state index contributed by atoms with van der Waals surface area (Å²) in [6, 6.07) is 7.01. The van der Waals surface area contributed by atoms with Crippen LogP contribution in [0.15, 0.2) is 36.7 Å². The highest BCUT2D eigenvalue weighted by atomic mass is 19.4. The molecule has 0 atom stereocenters. The van der Waals surface area contributed by atoms with Crippen molar-refractivity contribution in [2.24, 2.45) is 0 Å². The molecule has 22 heavy (non-hydrogen) atoms. The Labute approximate surface area is 124 Å². The molecule has 114 valence electrons. The van der Waals surface area contributed by atoms with E-state index in [9.17, 15) is 13.2 Å². The molecular weight excluding hydrogens is 293 g/mol. The lowest BCUT2D eigenvalue weighted by Gasteiger charge is -2.15. The van der Waals surface area contributed by atoms with Gasteiger partial charge < -0.3 is 4.74 Å². The fraction of sp³-hybridized carbons (Fsp3) is 0.250. The van der Waals surface area contributed by atoms with Crippen LogP contribution in [0.4, 0.5) is 13.2 Å². The Hall–Kier alpha value is -2.21. The second-order valence-electron chi connectivity index (χ2n) is 4.83. The highest BCUT2D eigenvalue weighted by molar-refractivity contribution is 6.04. The number of alkyl halides is 3. The van der Waals surface area contributed by atoms with Crippen LogP contribution in [0.2, 0.25) is 0 Å². The summed E-state index contributed by atoms with van der Waals surface area (Å²) in [5.74, 6) is 0. The molecule has 3 nitrogen and oxygen atoms in total. The number of rotatable bonds is 3. The van der Waals surface area contributed by atoms with Gasteiger partial charge in [-0.2, -0.15) is 13.2 Å². The van der Waals surface area contributed by atoms with Crippen LogP contribution in [0.5, 0.6) is 0 Å². The second kappa shape index (κ2) is 5.53. The summed E-state index contributed by atoms with van der Waals surface area (Å²) < 4.78 is 45.6. The van der Waals surface area contributed by atoms with Gasteiger partial charge in [0.05, 0.1) is 23.2 Å². The van der Waals surface area contributed by atoms with Crippen molar-refractivity contribution in [2.75, 3.05) is 6.61 Å². The van der Waals surface area contributed by atoms with Crippen molar-refractivity contribution in [3.63, 3.8) is 0 Å². The molecule has 0 saturated carbocycles. The Bertz CT molecular complexity index is 831. The van der Waals surface area contributed by atoms with Crippen molar-refractivity contribution in [1.82, 2.24) is 9.97 Å². The van der Waals surface area contributed by atoms with Crippen LogP contribution in [0.3, 0.4) is 0 Å². The quantitative estimate of drug-likeness (QED) is 0.675. The van der Waals surface area contributed by atoms with Gasteiger partial charge in [0, 0.05) is 35.3 Å². The molecule has 3 rings (SSSR count). The van der Waals surface area contributed by atoms with Gasteiger partial charge in [-0.15, -0.1) is 0 Å². The van der Waals surface area contributed by atoms with Crippen LogP contribution >= 0.6 is 0 Å². The summed E-state index contributed by atoms with van der Waals surface area (Å²) in [5, 5.41) is 0.608. The first-order valence-corrected chi connectivity index (χ1v) is 6.82. The molecule has 1 aromatic carbocycles. The maximum Gasteiger partial charge on any atom is 0.417 e. The van der Waals surface area contributed by atoms with E-state index in [0.29, 0.717) is 23.0 Å². The molecule has 0 unspecified atom stereocenters. The Balaban J connectivity index is 2.34. The summed E-state index contributed by atoms with van der Waals surface area (Å²) in [4.78, 5) is 8.34. The van der Waals surface area contributed by atoms with Crippen LogP contribution in [0.1, 0.15) is 18.1 Å². The zero-order valence-corrected chi connectivity index (χ0v) is 11.8. The van der Waals surface area contributed by atoms with Crippen LogP contribution in [-0.4, -0.2) is 16.6 Å². The molecule has 0 aliphatic rings. The predicted molar refractivity (Wildman–Crippen MR) is 77.4 cm³/mol. The minimum absolute atomic E-state index is 0.00315. The third-order valence-corrected chi connectivity index (χ3v) is 3.43. The molecule has 0 N–H and O–H groups in total. The molecule has 0 spiro atoms. The maximum absolute atomic E-state index is 13.5. The van der Waals surface area contributed by atoms with Gasteiger partial charge in [-0.05, 0) is 13.0 Å². The molecule has 2 aromatic heterocycles. The largest absolute Gasteiger partial charge is 0.417 e. The SMILES string of the molecule is CCOCc1cnc2c(cnc3ccccc32)c1C(F)(F)F. The van der Waals surface area contributed by atoms with Crippen LogP contribution < -0.4 is 0 Å². The van der Waals surface area contributed by atoms with Gasteiger partial charge in [-0.3, -0.25) is 9.97 Å². The first kappa shape index (κ1) is 14.7. The Morgan fingerprint density at radius 3 is 2.55 bits per heavy atom. The molecule has 0 aliphatic carbocycles. The Morgan fingerprint density at radius 2 is 1.82 bits per heavy atom. The zero-order valence-electron chi connectivity index (χ0n) is 11.8. The van der Waals surface area contributed by atoms with E-state index < -0.39 is 11.7 Å². The second-order valence-corrected chi connectivity index (χ2v) is 4.83. The normalized spacial score (nSPS) is 12.2. The molecule has 0 radical (unpaired) electrons. The highest BCUT2D eigenvalue weighted by Gasteiger charge is 2.36. The number of pyridine rings is 2. The average Bonchev–Trinajstić information content (AvgIpc) is 2.50. The monoisotopic (exact) mass is 306 g/mol. The average molecular weight is 306 g/mol. The van der Waals surface area contributed by atoms with Crippen LogP contribution in [0, 0.1) is 0 Å². The molecule has 0 amide bonds. The third-order valence-electron chi connectivity index (χ3n) is 3.43. The standard InChI is InChI=1S/C16H13F3N2O/c1-2-22-9-10-7-21-15-11-5-3-4-6-13(11)20-8-12(15)14(10)16(17,18)19/h3-8H,2,9H2,1H3. The number of hydrogen-bond acceptors (Lipinski definition) is 3. The number of aromatic nitrogens is 2. The lowest BCUT2D eigenvalue weighted by Crippen LogP contribution is -2.12. The topological polar surface area (TPSA) is 35.0 Å². The van der Waals surface area contributed by atoms with E-state index in [1.165, 1.54) is 12.4 Å². The van der Waals surface area contributed by atoms with E-state index in [4.69, 9.17) is 4.74 Å². The fourth-order valence-electron chi connectivity index (χ4n) is 2.49. The lowest BCUT2D eigenvalue weighted by atomic mass is 10.0. The van der Waals surface area contributed by atoms with E-state index in [-0.39, 0.29) is 17.6 Å². The third kappa shape index (κ3) is 2.50. The summed E-state index contributed by atoms with van der Waals surface area (Å²) in [7, 11) is 0. The van der Waals surface area contributed by atoms with E-state index in [1.54, 1.807) is 31.2 Å². The van der Waals surface area contributed by atoms with E-state index in [1.807, 2.05) is 0 Å². The van der Waals surface area contributed by atoms with Crippen molar-refractivity contribution in [3.05, 3.63) is 47.8 Å². The summed E-state index contributed by atoms with van der Waals surface area (Å²) in [5.41, 5.74) is 0.231. The van der Waals surface area contributed by atoms with Gasteiger partial charge >= 0.3 is 6.18 Å². The van der Waals surface area contributed by atoms with Gasteiger partial charge in [0.1, 0.15) is 0 Å². The zero-order chi connectivity index (χ0) is 15.7. The van der Waals surface area contributed by atoms with Crippen molar-refractivity contribution in [2.45, 2.75) is 19.7 Å². The van der Waals surface area contributed by atoms with Crippen molar-refractivity contribution < 1.29 is 17.9 Å². The number of halogens is 3. The summed E-state index contributed by atoms with van der Waals surface area (Å²) in [6.07, 6.45) is -2.01. The molecule has 0 saturated heterocycles. The smallest absolute Gasteiger partial charge is 0.377 e. The van der Waals surface area contributed by atoms with E-state index in [2.05, 4.69) is 9.97 Å². The summed E-state index contributed by atoms with van der Waals surface area (Å²) >= 11 is 0. The van der Waals surface area contributed by atoms with E-state index >= 15 is 0 Å². The van der Waals surface area contributed by atoms with Gasteiger partial charge in [-0.25, -0.2) is 0 Å². The van der Waals surface area contributed by atoms with Crippen LogP contribution in [0.25, 0.3) is 21.8 Å². The minimum atomic E-state index is -4.49. The predicted octanol–water partition coefficient (Wildman–Crippen LogP) is 4.34. The number of benzene rings is 1. The Kier molecular flexibility index (Phi) is 3.70. The van der Waals surface area contributed by atoms with Gasteiger partial charge in [-0.1, -0.05) is 18.2 Å². The number of para-hydroxylation sites is 1. The van der Waals surface area contributed by atoms with Gasteiger partial charge in [0.25, 0.3) is 0 Å². The summed E-state index contributed by atoms with van der Waals surface area (Å²) in [6.45, 7) is 1.95. The number of nitrogens with zero attached hydrogens (tertiary/aromatic N) is 2. The molecule has 0 aliphatic heterocycles.